The molecule has 3 aromatic rings. The van der Waals surface area contributed by atoms with Crippen molar-refractivity contribution < 1.29 is 9.32 Å². The van der Waals surface area contributed by atoms with E-state index < -0.39 is 0 Å². The van der Waals surface area contributed by atoms with E-state index in [0.717, 1.165) is 11.1 Å². The maximum atomic E-state index is 11.8. The number of nitrogens with zero attached hydrogens (tertiary/aromatic N) is 2. The molecule has 108 valence electrons. The number of nitrogens with one attached hydrogen (secondary N) is 1. The van der Waals surface area contributed by atoms with Crippen molar-refractivity contribution >= 4 is 17.9 Å². The molecule has 5 nitrogen and oxygen atoms in total. The standard InChI is InChI=1S/C17H13N3O2/c21-16(9-8-13-5-2-1-3-6-13)19-17-11-15(20-22-17)14-7-4-10-18-12-14/h1-12H,(H,19,21). The average molecular weight is 291 g/mol. The first-order valence-corrected chi connectivity index (χ1v) is 6.72. The smallest absolute Gasteiger partial charge is 0.250 e. The first-order valence-electron chi connectivity index (χ1n) is 6.72. The summed E-state index contributed by atoms with van der Waals surface area (Å²) in [6.07, 6.45) is 6.54. The van der Waals surface area contributed by atoms with Crippen LogP contribution >= 0.6 is 0 Å². The third kappa shape index (κ3) is 3.46. The molecule has 22 heavy (non-hydrogen) atoms. The third-order valence-electron chi connectivity index (χ3n) is 2.94. The van der Waals surface area contributed by atoms with Gasteiger partial charge in [0, 0.05) is 30.1 Å². The van der Waals surface area contributed by atoms with Crippen LogP contribution in [0.15, 0.2) is 71.5 Å². The zero-order valence-corrected chi connectivity index (χ0v) is 11.6. The third-order valence-corrected chi connectivity index (χ3v) is 2.94. The molecule has 0 radical (unpaired) electrons. The van der Waals surface area contributed by atoms with Crippen molar-refractivity contribution in [1.82, 2.24) is 10.1 Å². The number of rotatable bonds is 4. The van der Waals surface area contributed by atoms with Crippen LogP contribution < -0.4 is 5.32 Å². The van der Waals surface area contributed by atoms with Crippen molar-refractivity contribution in [2.45, 2.75) is 0 Å². The van der Waals surface area contributed by atoms with Crippen LogP contribution in [0.1, 0.15) is 5.56 Å². The molecule has 1 N–H and O–H groups in total. The summed E-state index contributed by atoms with van der Waals surface area (Å²) >= 11 is 0. The Morgan fingerprint density at radius 2 is 2.00 bits per heavy atom. The highest BCUT2D eigenvalue weighted by atomic mass is 16.5. The zero-order chi connectivity index (χ0) is 15.2. The van der Waals surface area contributed by atoms with Crippen LogP contribution in [-0.2, 0) is 4.79 Å². The van der Waals surface area contributed by atoms with Gasteiger partial charge in [0.25, 0.3) is 5.91 Å². The van der Waals surface area contributed by atoms with E-state index >= 15 is 0 Å². The maximum Gasteiger partial charge on any atom is 0.250 e. The fraction of sp³-hybridized carbons (Fsp3) is 0. The first-order chi connectivity index (χ1) is 10.8. The van der Waals surface area contributed by atoms with Crippen LogP contribution in [0.3, 0.4) is 0 Å². The van der Waals surface area contributed by atoms with Gasteiger partial charge in [-0.05, 0) is 23.8 Å². The minimum Gasteiger partial charge on any atom is -0.338 e. The lowest BCUT2D eigenvalue weighted by Crippen LogP contribution is -2.06. The van der Waals surface area contributed by atoms with E-state index in [-0.39, 0.29) is 5.91 Å². The van der Waals surface area contributed by atoms with Crippen LogP contribution in [0.4, 0.5) is 5.88 Å². The molecule has 0 saturated carbocycles. The zero-order valence-electron chi connectivity index (χ0n) is 11.6. The highest BCUT2D eigenvalue weighted by molar-refractivity contribution is 6.01. The van der Waals surface area contributed by atoms with Gasteiger partial charge in [0.1, 0.15) is 5.69 Å². The molecule has 0 aliphatic rings. The van der Waals surface area contributed by atoms with Crippen molar-refractivity contribution in [3.63, 3.8) is 0 Å². The van der Waals surface area contributed by atoms with Crippen molar-refractivity contribution in [2.75, 3.05) is 5.32 Å². The number of aromatic nitrogens is 2. The van der Waals surface area contributed by atoms with Crippen LogP contribution in [-0.4, -0.2) is 16.0 Å². The van der Waals surface area contributed by atoms with Crippen molar-refractivity contribution in [2.24, 2.45) is 0 Å². The molecule has 3 rings (SSSR count). The normalized spacial score (nSPS) is 10.7. The maximum absolute atomic E-state index is 11.8. The molecule has 0 spiro atoms. The lowest BCUT2D eigenvalue weighted by molar-refractivity contribution is -0.112. The number of pyridine rings is 1. The molecule has 0 bridgehead atoms. The van der Waals surface area contributed by atoms with Gasteiger partial charge >= 0.3 is 0 Å². The second kappa shape index (κ2) is 6.49. The van der Waals surface area contributed by atoms with Crippen LogP contribution in [0.25, 0.3) is 17.3 Å². The quantitative estimate of drug-likeness (QED) is 0.748. The Balaban J connectivity index is 1.65. The van der Waals surface area contributed by atoms with Gasteiger partial charge in [-0.25, -0.2) is 0 Å². The minimum absolute atomic E-state index is 0.280. The number of hydrogen-bond acceptors (Lipinski definition) is 4. The Morgan fingerprint density at radius 3 is 2.77 bits per heavy atom. The Labute approximate surface area is 127 Å². The molecule has 2 aromatic heterocycles. The average Bonchev–Trinajstić information content (AvgIpc) is 3.03. The van der Waals surface area contributed by atoms with Crippen LogP contribution in [0, 0.1) is 0 Å². The molecule has 0 saturated heterocycles. The van der Waals surface area contributed by atoms with Gasteiger partial charge in [-0.2, -0.15) is 0 Å². The van der Waals surface area contributed by atoms with Gasteiger partial charge in [0.2, 0.25) is 5.88 Å². The topological polar surface area (TPSA) is 68.0 Å². The number of carbonyl (C=O) groups is 1. The number of carbonyl (C=O) groups excluding carboxylic acids is 1. The van der Waals surface area contributed by atoms with Gasteiger partial charge in [0.15, 0.2) is 0 Å². The molecule has 2 heterocycles. The van der Waals surface area contributed by atoms with Crippen molar-refractivity contribution in [3.8, 4) is 11.3 Å². The molecule has 0 aliphatic heterocycles. The van der Waals surface area contributed by atoms with Crippen molar-refractivity contribution in [3.05, 3.63) is 72.6 Å². The first kappa shape index (κ1) is 13.8. The molecule has 1 aromatic carbocycles. The molecule has 0 atom stereocenters. The molecule has 0 unspecified atom stereocenters. The molecule has 1 amide bonds. The summed E-state index contributed by atoms with van der Waals surface area (Å²) in [5.74, 6) is 0.0132. The summed E-state index contributed by atoms with van der Waals surface area (Å²) in [6, 6.07) is 14.9. The molecule has 5 heteroatoms. The Morgan fingerprint density at radius 1 is 1.14 bits per heavy atom. The lowest BCUT2D eigenvalue weighted by atomic mass is 10.2. The fourth-order valence-electron chi connectivity index (χ4n) is 1.88. The van der Waals surface area contributed by atoms with Gasteiger partial charge in [-0.3, -0.25) is 15.1 Å². The number of hydrogen-bond donors (Lipinski definition) is 1. The van der Waals surface area contributed by atoms with E-state index in [4.69, 9.17) is 4.52 Å². The van der Waals surface area contributed by atoms with Gasteiger partial charge in [-0.1, -0.05) is 35.5 Å². The predicted molar refractivity (Wildman–Crippen MR) is 83.8 cm³/mol. The second-order valence-corrected chi connectivity index (χ2v) is 4.55. The van der Waals surface area contributed by atoms with Gasteiger partial charge in [-0.15, -0.1) is 0 Å². The van der Waals surface area contributed by atoms with Crippen LogP contribution in [0.5, 0.6) is 0 Å². The Hall–Kier alpha value is -3.21. The van der Waals surface area contributed by atoms with E-state index in [1.807, 2.05) is 42.5 Å². The SMILES string of the molecule is O=C(C=Cc1ccccc1)Nc1cc(-c2cccnc2)no1. The largest absolute Gasteiger partial charge is 0.338 e. The second-order valence-electron chi connectivity index (χ2n) is 4.55. The van der Waals surface area contributed by atoms with Crippen molar-refractivity contribution in [1.29, 1.82) is 0 Å². The summed E-state index contributed by atoms with van der Waals surface area (Å²) in [5.41, 5.74) is 2.40. The Kier molecular flexibility index (Phi) is 4.06. The number of anilines is 1. The van der Waals surface area contributed by atoms with E-state index in [0.29, 0.717) is 11.6 Å². The number of amides is 1. The summed E-state index contributed by atoms with van der Waals surface area (Å²) in [6.45, 7) is 0. The molecule has 0 fully saturated rings. The monoisotopic (exact) mass is 291 g/mol. The predicted octanol–water partition coefficient (Wildman–Crippen LogP) is 3.39. The van der Waals surface area contributed by atoms with E-state index in [2.05, 4.69) is 15.5 Å². The summed E-state index contributed by atoms with van der Waals surface area (Å²) in [5, 5.41) is 6.53. The summed E-state index contributed by atoms with van der Waals surface area (Å²) < 4.78 is 5.10. The number of benzene rings is 1. The fourth-order valence-corrected chi connectivity index (χ4v) is 1.88. The van der Waals surface area contributed by atoms with E-state index in [1.54, 1.807) is 24.5 Å². The summed E-state index contributed by atoms with van der Waals surface area (Å²) in [7, 11) is 0. The Bertz CT molecular complexity index is 780. The lowest BCUT2D eigenvalue weighted by Gasteiger charge is -1.95. The highest BCUT2D eigenvalue weighted by Crippen LogP contribution is 2.20. The van der Waals surface area contributed by atoms with E-state index in [9.17, 15) is 4.79 Å². The van der Waals surface area contributed by atoms with Gasteiger partial charge < -0.3 is 4.52 Å². The van der Waals surface area contributed by atoms with Gasteiger partial charge in [0.05, 0.1) is 0 Å². The summed E-state index contributed by atoms with van der Waals surface area (Å²) in [4.78, 5) is 15.8. The minimum atomic E-state index is -0.280. The molecular formula is C17H13N3O2. The molecule has 0 aliphatic carbocycles. The van der Waals surface area contributed by atoms with Crippen LogP contribution in [0.2, 0.25) is 0 Å². The van der Waals surface area contributed by atoms with E-state index in [1.165, 1.54) is 6.08 Å². The highest BCUT2D eigenvalue weighted by Gasteiger charge is 2.07. The molecular weight excluding hydrogens is 278 g/mol.